The van der Waals surface area contributed by atoms with Crippen molar-refractivity contribution in [3.8, 4) is 11.5 Å². The number of hydrogen-bond acceptors (Lipinski definition) is 4. The molecule has 5 nitrogen and oxygen atoms in total. The van der Waals surface area contributed by atoms with Gasteiger partial charge in [0, 0.05) is 0 Å². The summed E-state index contributed by atoms with van der Waals surface area (Å²) in [6, 6.07) is 3.49. The maximum Gasteiger partial charge on any atom is 0.233 e. The summed E-state index contributed by atoms with van der Waals surface area (Å²) in [5.74, 6) is 0.480. The van der Waals surface area contributed by atoms with Gasteiger partial charge in [0.15, 0.2) is 11.5 Å². The number of allylic oxidation sites excluding steroid dienone is 2. The van der Waals surface area contributed by atoms with Crippen LogP contribution < -0.4 is 9.47 Å². The van der Waals surface area contributed by atoms with Gasteiger partial charge in [0.1, 0.15) is 0 Å². The first-order valence-corrected chi connectivity index (χ1v) is 7.61. The van der Waals surface area contributed by atoms with E-state index in [1.54, 1.807) is 12.1 Å². The molecule has 114 valence electrons. The van der Waals surface area contributed by atoms with Crippen LogP contribution in [0.3, 0.4) is 0 Å². The van der Waals surface area contributed by atoms with Crippen molar-refractivity contribution in [2.24, 2.45) is 11.8 Å². The molecule has 22 heavy (non-hydrogen) atoms. The number of benzene rings is 1. The third-order valence-electron chi connectivity index (χ3n) is 4.43. The Hall–Kier alpha value is -2.01. The molecule has 1 fully saturated rings. The van der Waals surface area contributed by atoms with Crippen LogP contribution in [0.15, 0.2) is 24.3 Å². The van der Waals surface area contributed by atoms with Crippen molar-refractivity contribution >= 4 is 23.4 Å². The molecule has 3 aliphatic rings. The van der Waals surface area contributed by atoms with Crippen LogP contribution in [0, 0.1) is 11.8 Å². The number of carbonyl (C=O) groups excluding carboxylic acids is 2. The summed E-state index contributed by atoms with van der Waals surface area (Å²) in [4.78, 5) is 26.3. The fourth-order valence-electron chi connectivity index (χ4n) is 3.32. The van der Waals surface area contributed by atoms with Crippen molar-refractivity contribution in [3.05, 3.63) is 34.9 Å². The largest absolute Gasteiger partial charge is 0.454 e. The highest BCUT2D eigenvalue weighted by molar-refractivity contribution is 6.32. The lowest BCUT2D eigenvalue weighted by molar-refractivity contribution is -0.140. The summed E-state index contributed by atoms with van der Waals surface area (Å²) in [6.07, 6.45) is 5.25. The van der Waals surface area contributed by atoms with E-state index in [1.165, 1.54) is 4.90 Å². The molecule has 2 aliphatic heterocycles. The number of halogens is 1. The Balaban J connectivity index is 1.60. The Labute approximate surface area is 132 Å². The predicted octanol–water partition coefficient (Wildman–Crippen LogP) is 2.52. The third kappa shape index (κ3) is 2.00. The van der Waals surface area contributed by atoms with Gasteiger partial charge in [0.25, 0.3) is 0 Å². The van der Waals surface area contributed by atoms with E-state index in [-0.39, 0.29) is 37.0 Å². The zero-order chi connectivity index (χ0) is 15.3. The summed E-state index contributed by atoms with van der Waals surface area (Å²) in [7, 11) is 0. The van der Waals surface area contributed by atoms with Crippen molar-refractivity contribution in [2.75, 3.05) is 6.79 Å². The molecule has 2 atom stereocenters. The van der Waals surface area contributed by atoms with E-state index < -0.39 is 0 Å². The monoisotopic (exact) mass is 319 g/mol. The van der Waals surface area contributed by atoms with Crippen LogP contribution in [-0.2, 0) is 16.1 Å². The fourth-order valence-corrected chi connectivity index (χ4v) is 3.61. The van der Waals surface area contributed by atoms with Crippen LogP contribution in [0.5, 0.6) is 11.5 Å². The first kappa shape index (κ1) is 13.6. The minimum Gasteiger partial charge on any atom is -0.454 e. The highest BCUT2D eigenvalue weighted by Gasteiger charge is 2.47. The maximum absolute atomic E-state index is 12.5. The zero-order valence-electron chi connectivity index (χ0n) is 11.8. The normalized spacial score (nSPS) is 25.8. The summed E-state index contributed by atoms with van der Waals surface area (Å²) in [5, 5.41) is 0.433. The molecule has 2 amide bonds. The molecule has 6 heteroatoms. The minimum atomic E-state index is -0.206. The smallest absolute Gasteiger partial charge is 0.233 e. The van der Waals surface area contributed by atoms with Crippen LogP contribution in [0.2, 0.25) is 5.02 Å². The second-order valence-electron chi connectivity index (χ2n) is 5.73. The van der Waals surface area contributed by atoms with Gasteiger partial charge < -0.3 is 9.47 Å². The van der Waals surface area contributed by atoms with E-state index in [4.69, 9.17) is 21.1 Å². The highest BCUT2D eigenvalue weighted by Crippen LogP contribution is 2.41. The molecule has 0 saturated carbocycles. The van der Waals surface area contributed by atoms with E-state index in [1.807, 2.05) is 12.2 Å². The molecule has 1 saturated heterocycles. The molecule has 4 rings (SSSR count). The standard InChI is InChI=1S/C16H14ClNO4/c17-12-5-9(6-13-14(12)22-8-21-13)7-18-15(19)10-3-1-2-4-11(10)16(18)20/h1-2,5-6,10-11H,3-4,7-8H2/t10-,11+. The molecule has 0 unspecified atom stereocenters. The number of nitrogens with zero attached hydrogens (tertiary/aromatic N) is 1. The summed E-state index contributed by atoms with van der Waals surface area (Å²) >= 11 is 6.15. The van der Waals surface area contributed by atoms with Gasteiger partial charge in [-0.25, -0.2) is 0 Å². The molecule has 1 aliphatic carbocycles. The molecule has 0 spiro atoms. The number of fused-ring (bicyclic) bond motifs is 2. The van der Waals surface area contributed by atoms with Gasteiger partial charge in [0.2, 0.25) is 18.6 Å². The molecule has 0 bridgehead atoms. The molecule has 1 aromatic rings. The molecule has 1 aromatic carbocycles. The Morgan fingerprint density at radius 2 is 1.77 bits per heavy atom. The summed E-state index contributed by atoms with van der Waals surface area (Å²) in [6.45, 7) is 0.358. The second kappa shape index (κ2) is 5.02. The van der Waals surface area contributed by atoms with E-state index >= 15 is 0 Å². The number of carbonyl (C=O) groups is 2. The van der Waals surface area contributed by atoms with Crippen LogP contribution >= 0.6 is 11.6 Å². The number of imide groups is 1. The quantitative estimate of drug-likeness (QED) is 0.621. The lowest BCUT2D eigenvalue weighted by atomic mass is 9.85. The average molecular weight is 320 g/mol. The van der Waals surface area contributed by atoms with E-state index in [9.17, 15) is 9.59 Å². The highest BCUT2D eigenvalue weighted by atomic mass is 35.5. The lowest BCUT2D eigenvalue weighted by Crippen LogP contribution is -2.30. The second-order valence-corrected chi connectivity index (χ2v) is 6.14. The van der Waals surface area contributed by atoms with Crippen molar-refractivity contribution in [1.29, 1.82) is 0 Å². The van der Waals surface area contributed by atoms with Crippen LogP contribution in [0.25, 0.3) is 0 Å². The Morgan fingerprint density at radius 1 is 1.09 bits per heavy atom. The lowest BCUT2D eigenvalue weighted by Gasteiger charge is -2.15. The number of hydrogen-bond donors (Lipinski definition) is 0. The van der Waals surface area contributed by atoms with Gasteiger partial charge in [0.05, 0.1) is 23.4 Å². The Kier molecular flexibility index (Phi) is 3.11. The van der Waals surface area contributed by atoms with E-state index in [0.29, 0.717) is 29.4 Å². The van der Waals surface area contributed by atoms with Crippen molar-refractivity contribution < 1.29 is 19.1 Å². The van der Waals surface area contributed by atoms with Crippen LogP contribution in [0.1, 0.15) is 18.4 Å². The molecule has 2 heterocycles. The topological polar surface area (TPSA) is 55.8 Å². The van der Waals surface area contributed by atoms with Crippen molar-refractivity contribution in [2.45, 2.75) is 19.4 Å². The van der Waals surface area contributed by atoms with Gasteiger partial charge in [-0.05, 0) is 30.5 Å². The SMILES string of the molecule is O=C1[C@H]2CC=CC[C@H]2C(=O)N1Cc1cc(Cl)c2c(c1)OCO2. The number of ether oxygens (including phenoxy) is 2. The molecule has 0 radical (unpaired) electrons. The van der Waals surface area contributed by atoms with Gasteiger partial charge >= 0.3 is 0 Å². The first-order valence-electron chi connectivity index (χ1n) is 7.23. The Bertz CT molecular complexity index is 674. The molecular formula is C16H14ClNO4. The van der Waals surface area contributed by atoms with Gasteiger partial charge in [-0.3, -0.25) is 14.5 Å². The molecule has 0 N–H and O–H groups in total. The van der Waals surface area contributed by atoms with Crippen molar-refractivity contribution in [1.82, 2.24) is 4.90 Å². The molecular weight excluding hydrogens is 306 g/mol. The first-order chi connectivity index (χ1) is 10.6. The number of rotatable bonds is 2. The minimum absolute atomic E-state index is 0.0897. The number of likely N-dealkylation sites (tertiary alicyclic amines) is 1. The third-order valence-corrected chi connectivity index (χ3v) is 4.71. The number of amides is 2. The van der Waals surface area contributed by atoms with Crippen LogP contribution in [-0.4, -0.2) is 23.5 Å². The fraction of sp³-hybridized carbons (Fsp3) is 0.375. The Morgan fingerprint density at radius 3 is 2.45 bits per heavy atom. The zero-order valence-corrected chi connectivity index (χ0v) is 12.5. The van der Waals surface area contributed by atoms with Gasteiger partial charge in [-0.15, -0.1) is 0 Å². The average Bonchev–Trinajstić information content (AvgIpc) is 3.08. The van der Waals surface area contributed by atoms with E-state index in [0.717, 1.165) is 5.56 Å². The predicted molar refractivity (Wildman–Crippen MR) is 78.5 cm³/mol. The van der Waals surface area contributed by atoms with Gasteiger partial charge in [-0.1, -0.05) is 23.8 Å². The van der Waals surface area contributed by atoms with Crippen LogP contribution in [0.4, 0.5) is 0 Å². The summed E-state index contributed by atoms with van der Waals surface area (Å²) in [5.41, 5.74) is 0.766. The van der Waals surface area contributed by atoms with Gasteiger partial charge in [-0.2, -0.15) is 0 Å². The summed E-state index contributed by atoms with van der Waals surface area (Å²) < 4.78 is 10.6. The van der Waals surface area contributed by atoms with Crippen molar-refractivity contribution in [3.63, 3.8) is 0 Å². The maximum atomic E-state index is 12.5. The van der Waals surface area contributed by atoms with E-state index in [2.05, 4.69) is 0 Å². The molecule has 0 aromatic heterocycles.